The molecule has 34 heavy (non-hydrogen) atoms. The van der Waals surface area contributed by atoms with E-state index >= 15 is 4.39 Å². The van der Waals surface area contributed by atoms with E-state index in [0.29, 0.717) is 34.8 Å². The maximum atomic E-state index is 15.4. The summed E-state index contributed by atoms with van der Waals surface area (Å²) in [5, 5.41) is 14.1. The van der Waals surface area contributed by atoms with Gasteiger partial charge in [0.1, 0.15) is 11.9 Å². The first-order valence-electron chi connectivity index (χ1n) is 11.2. The highest BCUT2D eigenvalue weighted by atomic mass is 19.1. The van der Waals surface area contributed by atoms with Crippen molar-refractivity contribution in [3.05, 3.63) is 73.3 Å². The van der Waals surface area contributed by atoms with Gasteiger partial charge in [0.15, 0.2) is 0 Å². The van der Waals surface area contributed by atoms with Crippen LogP contribution in [0.4, 0.5) is 4.39 Å². The molecule has 0 saturated carbocycles. The summed E-state index contributed by atoms with van der Waals surface area (Å²) in [5.41, 5.74) is 3.01. The fourth-order valence-corrected chi connectivity index (χ4v) is 5.06. The largest absolute Gasteiger partial charge is 0.507 e. The Labute approximate surface area is 198 Å². The molecule has 2 aliphatic rings. The average molecular weight is 459 g/mol. The number of ether oxygens (including phenoxy) is 1. The number of allylic oxidation sites excluding steroid dienone is 1. The molecule has 0 aliphatic carbocycles. The monoisotopic (exact) mass is 458 g/mol. The van der Waals surface area contributed by atoms with Crippen molar-refractivity contribution in [1.82, 2.24) is 20.3 Å². The number of fused-ring (bicyclic) bond motifs is 2. The SMILES string of the molecule is C=C(c1cnc(-c2ccc(-c3ccnc(OC)c3)cc2O)cn1)[C@@H]1C[C@@]2(C)C=C[C@](C)(N2)[C@@H]1F. The lowest BCUT2D eigenvalue weighted by Crippen LogP contribution is -2.61. The van der Waals surface area contributed by atoms with E-state index in [4.69, 9.17) is 4.74 Å². The molecule has 0 amide bonds. The van der Waals surface area contributed by atoms with Crippen LogP contribution >= 0.6 is 0 Å². The molecule has 1 saturated heterocycles. The minimum absolute atomic E-state index is 0.0832. The van der Waals surface area contributed by atoms with E-state index in [1.165, 1.54) is 0 Å². The van der Waals surface area contributed by atoms with Crippen molar-refractivity contribution in [3.8, 4) is 34.0 Å². The van der Waals surface area contributed by atoms with Gasteiger partial charge in [0.25, 0.3) is 0 Å². The van der Waals surface area contributed by atoms with Crippen LogP contribution in [0.25, 0.3) is 28.0 Å². The smallest absolute Gasteiger partial charge is 0.213 e. The lowest BCUT2D eigenvalue weighted by atomic mass is 9.74. The van der Waals surface area contributed by atoms with E-state index in [1.54, 1.807) is 43.9 Å². The van der Waals surface area contributed by atoms with Crippen LogP contribution in [0.1, 0.15) is 26.0 Å². The van der Waals surface area contributed by atoms with Gasteiger partial charge >= 0.3 is 0 Å². The van der Waals surface area contributed by atoms with Gasteiger partial charge in [-0.25, -0.2) is 9.37 Å². The van der Waals surface area contributed by atoms with Crippen molar-refractivity contribution in [3.63, 3.8) is 0 Å². The highest BCUT2D eigenvalue weighted by molar-refractivity contribution is 5.74. The lowest BCUT2D eigenvalue weighted by molar-refractivity contribution is 0.0913. The summed E-state index contributed by atoms with van der Waals surface area (Å²) in [5.74, 6) is 0.218. The number of nitrogens with zero attached hydrogens (tertiary/aromatic N) is 3. The predicted octanol–water partition coefficient (Wildman–Crippen LogP) is 4.97. The zero-order valence-corrected chi connectivity index (χ0v) is 19.4. The summed E-state index contributed by atoms with van der Waals surface area (Å²) in [6.07, 6.45) is 8.32. The number of aromatic nitrogens is 3. The number of rotatable bonds is 5. The Bertz CT molecular complexity index is 1290. The Morgan fingerprint density at radius 3 is 2.62 bits per heavy atom. The second-order valence-electron chi connectivity index (χ2n) is 9.50. The van der Waals surface area contributed by atoms with Gasteiger partial charge in [-0.3, -0.25) is 15.3 Å². The molecule has 1 aromatic carbocycles. The standard InChI is InChI=1S/C27H27FN4O2/c1-16(20-13-26(2)8-9-27(3,32-26)25(20)28)21-14-31-22(15-30-21)19-6-5-17(11-23(19)33)18-7-10-29-24(12-18)34-4/h5-12,14-15,20,25,32-33H,1,13H2,2-4H3/t20-,25+,26+,27-/m0/s1. The number of methoxy groups -OCH3 is 1. The summed E-state index contributed by atoms with van der Waals surface area (Å²) in [4.78, 5) is 13.1. The van der Waals surface area contributed by atoms with Crippen LogP contribution < -0.4 is 10.1 Å². The summed E-state index contributed by atoms with van der Waals surface area (Å²) < 4.78 is 20.6. The Kier molecular flexibility index (Phi) is 5.24. The second-order valence-corrected chi connectivity index (χ2v) is 9.50. The molecule has 0 spiro atoms. The number of hydrogen-bond donors (Lipinski definition) is 2. The zero-order valence-electron chi connectivity index (χ0n) is 19.4. The number of piperidine rings is 1. The molecule has 7 heteroatoms. The molecule has 1 fully saturated rings. The number of nitrogens with one attached hydrogen (secondary N) is 1. The molecule has 6 nitrogen and oxygen atoms in total. The Morgan fingerprint density at radius 2 is 1.91 bits per heavy atom. The number of phenolic OH excluding ortho intramolecular Hbond substituents is 1. The highest BCUT2D eigenvalue weighted by Gasteiger charge is 2.52. The Hall–Kier alpha value is -3.58. The van der Waals surface area contributed by atoms with Crippen LogP contribution in [0.2, 0.25) is 0 Å². The number of phenols is 1. The third-order valence-electron chi connectivity index (χ3n) is 6.90. The van der Waals surface area contributed by atoms with Gasteiger partial charge in [-0.2, -0.15) is 0 Å². The molecular formula is C27H27FN4O2. The number of hydrogen-bond acceptors (Lipinski definition) is 6. The molecule has 2 aromatic heterocycles. The van der Waals surface area contributed by atoms with Crippen LogP contribution in [-0.2, 0) is 0 Å². The predicted molar refractivity (Wildman–Crippen MR) is 130 cm³/mol. The number of benzene rings is 1. The quantitative estimate of drug-likeness (QED) is 0.526. The third kappa shape index (κ3) is 3.76. The lowest BCUT2D eigenvalue weighted by Gasteiger charge is -2.45. The van der Waals surface area contributed by atoms with Crippen molar-refractivity contribution in [2.75, 3.05) is 7.11 Å². The fourth-order valence-electron chi connectivity index (χ4n) is 5.06. The van der Waals surface area contributed by atoms with E-state index in [9.17, 15) is 5.11 Å². The van der Waals surface area contributed by atoms with Gasteiger partial charge in [0.05, 0.1) is 36.4 Å². The van der Waals surface area contributed by atoms with E-state index < -0.39 is 11.7 Å². The maximum absolute atomic E-state index is 15.4. The van der Waals surface area contributed by atoms with E-state index in [2.05, 4.69) is 39.8 Å². The van der Waals surface area contributed by atoms with Crippen molar-refractivity contribution >= 4 is 5.57 Å². The molecule has 4 heterocycles. The molecule has 0 radical (unpaired) electrons. The number of aromatic hydroxyl groups is 1. The number of alkyl halides is 1. The van der Waals surface area contributed by atoms with E-state index in [1.807, 2.05) is 25.1 Å². The molecule has 2 N–H and O–H groups in total. The second kappa shape index (κ2) is 8.02. The van der Waals surface area contributed by atoms with Crippen molar-refractivity contribution in [2.45, 2.75) is 37.5 Å². The average Bonchev–Trinajstić information content (AvgIpc) is 3.12. The van der Waals surface area contributed by atoms with Gasteiger partial charge in [-0.15, -0.1) is 0 Å². The van der Waals surface area contributed by atoms with Crippen molar-refractivity contribution in [1.29, 1.82) is 0 Å². The van der Waals surface area contributed by atoms with Gasteiger partial charge in [-0.05, 0) is 55.2 Å². The van der Waals surface area contributed by atoms with Crippen LogP contribution in [0.5, 0.6) is 11.6 Å². The van der Waals surface area contributed by atoms with Crippen LogP contribution in [-0.4, -0.2) is 44.4 Å². The Morgan fingerprint density at radius 1 is 1.12 bits per heavy atom. The first kappa shape index (κ1) is 22.2. The van der Waals surface area contributed by atoms with E-state index in [0.717, 1.165) is 11.1 Å². The van der Waals surface area contributed by atoms with Gasteiger partial charge in [0.2, 0.25) is 5.88 Å². The molecule has 4 atom stereocenters. The van der Waals surface area contributed by atoms with Crippen LogP contribution in [0.3, 0.4) is 0 Å². The molecule has 3 aromatic rings. The number of halogens is 1. The third-order valence-corrected chi connectivity index (χ3v) is 6.90. The summed E-state index contributed by atoms with van der Waals surface area (Å²) in [6.45, 7) is 8.13. The van der Waals surface area contributed by atoms with Crippen molar-refractivity contribution < 1.29 is 14.2 Å². The molecule has 0 unspecified atom stereocenters. The molecule has 2 aliphatic heterocycles. The maximum Gasteiger partial charge on any atom is 0.213 e. The summed E-state index contributed by atoms with van der Waals surface area (Å²) >= 11 is 0. The molecule has 174 valence electrons. The minimum atomic E-state index is -1.11. The van der Waals surface area contributed by atoms with Crippen LogP contribution in [0.15, 0.2) is 67.7 Å². The number of pyridine rings is 1. The first-order valence-corrected chi connectivity index (χ1v) is 11.2. The summed E-state index contributed by atoms with van der Waals surface area (Å²) in [7, 11) is 1.56. The normalized spacial score (nSPS) is 27.5. The van der Waals surface area contributed by atoms with Crippen molar-refractivity contribution in [2.24, 2.45) is 5.92 Å². The van der Waals surface area contributed by atoms with Gasteiger partial charge in [-0.1, -0.05) is 24.8 Å². The zero-order chi connectivity index (χ0) is 24.1. The summed E-state index contributed by atoms with van der Waals surface area (Å²) in [6, 6.07) is 9.01. The Balaban J connectivity index is 1.38. The van der Waals surface area contributed by atoms with Gasteiger partial charge in [0, 0.05) is 29.3 Å². The minimum Gasteiger partial charge on any atom is -0.507 e. The van der Waals surface area contributed by atoms with Gasteiger partial charge < -0.3 is 9.84 Å². The fraction of sp³-hybridized carbons (Fsp3) is 0.296. The molecular weight excluding hydrogens is 431 g/mol. The highest BCUT2D eigenvalue weighted by Crippen LogP contribution is 2.46. The topological polar surface area (TPSA) is 80.2 Å². The first-order chi connectivity index (χ1) is 16.2. The molecule has 2 bridgehead atoms. The van der Waals surface area contributed by atoms with E-state index in [-0.39, 0.29) is 17.2 Å². The molecule has 5 rings (SSSR count). The van der Waals surface area contributed by atoms with Crippen LogP contribution in [0, 0.1) is 5.92 Å².